The number of nitrogens with zero attached hydrogens (tertiary/aromatic N) is 1. The molecule has 0 aliphatic heterocycles. The van der Waals surface area contributed by atoms with Crippen molar-refractivity contribution in [3.8, 4) is 0 Å². The lowest BCUT2D eigenvalue weighted by Crippen LogP contribution is -2.35. The highest BCUT2D eigenvalue weighted by Crippen LogP contribution is 2.12. The Morgan fingerprint density at radius 2 is 2.21 bits per heavy atom. The van der Waals surface area contributed by atoms with Crippen LogP contribution in [0.15, 0.2) is 12.1 Å². The molecule has 0 aliphatic carbocycles. The van der Waals surface area contributed by atoms with Crippen molar-refractivity contribution in [3.63, 3.8) is 0 Å². The first-order valence-electron chi connectivity index (χ1n) is 6.75. The van der Waals surface area contributed by atoms with Crippen LogP contribution in [0.3, 0.4) is 0 Å². The second kappa shape index (κ2) is 7.74. The Morgan fingerprint density at radius 1 is 1.47 bits per heavy atom. The molecule has 0 bridgehead atoms. The average molecular weight is 265 g/mol. The second-order valence-corrected chi connectivity index (χ2v) is 4.73. The van der Waals surface area contributed by atoms with E-state index in [-0.39, 0.29) is 12.6 Å². The van der Waals surface area contributed by atoms with Gasteiger partial charge in [0.15, 0.2) is 0 Å². The van der Waals surface area contributed by atoms with Crippen molar-refractivity contribution < 1.29 is 9.90 Å². The molecule has 1 aromatic heterocycles. The number of nitrogen functional groups attached to an aromatic ring is 1. The maximum absolute atomic E-state index is 10.6. The molecular weight excluding hydrogens is 242 g/mol. The molecule has 0 saturated carbocycles. The molecule has 1 unspecified atom stereocenters. The molecule has 5 heteroatoms. The van der Waals surface area contributed by atoms with Gasteiger partial charge in [0, 0.05) is 18.2 Å². The number of nitrogens with one attached hydrogen (secondary N) is 1. The highest BCUT2D eigenvalue weighted by atomic mass is 16.4. The van der Waals surface area contributed by atoms with Crippen molar-refractivity contribution in [2.45, 2.75) is 45.6 Å². The van der Waals surface area contributed by atoms with Gasteiger partial charge in [-0.25, -0.2) is 4.98 Å². The van der Waals surface area contributed by atoms with Gasteiger partial charge in [-0.15, -0.1) is 0 Å². The minimum atomic E-state index is -0.842. The van der Waals surface area contributed by atoms with Crippen LogP contribution in [0, 0.1) is 0 Å². The third kappa shape index (κ3) is 5.70. The predicted molar refractivity (Wildman–Crippen MR) is 76.1 cm³/mol. The largest absolute Gasteiger partial charge is 0.480 e. The van der Waals surface area contributed by atoms with Gasteiger partial charge in [-0.05, 0) is 30.5 Å². The molecule has 1 rings (SSSR count). The van der Waals surface area contributed by atoms with E-state index in [2.05, 4.69) is 23.3 Å². The quantitative estimate of drug-likeness (QED) is 0.664. The fourth-order valence-electron chi connectivity index (χ4n) is 2.06. The van der Waals surface area contributed by atoms with Crippen LogP contribution in [0.4, 0.5) is 5.82 Å². The molecule has 0 saturated heterocycles. The third-order valence-electron chi connectivity index (χ3n) is 2.99. The first-order chi connectivity index (χ1) is 9.05. The second-order valence-electron chi connectivity index (χ2n) is 4.73. The Morgan fingerprint density at radius 3 is 2.79 bits per heavy atom. The minimum Gasteiger partial charge on any atom is -0.480 e. The SMILES string of the molecule is CCCc1cc(N)nc(CC(CC)NCC(=O)O)c1. The van der Waals surface area contributed by atoms with Gasteiger partial charge in [-0.1, -0.05) is 20.3 Å². The number of carboxylic acids is 1. The standard InChI is InChI=1S/C14H23N3O2/c1-3-5-10-6-12(17-13(15)7-10)8-11(4-2)16-9-14(18)19/h6-7,11,16H,3-5,8-9H2,1-2H3,(H2,15,17)(H,18,19). The van der Waals surface area contributed by atoms with Gasteiger partial charge in [0.25, 0.3) is 0 Å². The van der Waals surface area contributed by atoms with Crippen LogP contribution in [0.5, 0.6) is 0 Å². The summed E-state index contributed by atoms with van der Waals surface area (Å²) in [5.74, 6) is -0.306. The topological polar surface area (TPSA) is 88.2 Å². The Labute approximate surface area is 114 Å². The summed E-state index contributed by atoms with van der Waals surface area (Å²) in [6, 6.07) is 4.07. The number of nitrogens with two attached hydrogens (primary N) is 1. The van der Waals surface area contributed by atoms with Gasteiger partial charge >= 0.3 is 5.97 Å². The molecule has 4 N–H and O–H groups in total. The monoisotopic (exact) mass is 265 g/mol. The summed E-state index contributed by atoms with van der Waals surface area (Å²) in [6.07, 6.45) is 3.61. The fourth-order valence-corrected chi connectivity index (χ4v) is 2.06. The van der Waals surface area contributed by atoms with E-state index in [1.807, 2.05) is 13.0 Å². The van der Waals surface area contributed by atoms with Crippen molar-refractivity contribution in [3.05, 3.63) is 23.4 Å². The van der Waals surface area contributed by atoms with Crippen LogP contribution >= 0.6 is 0 Å². The highest BCUT2D eigenvalue weighted by molar-refractivity contribution is 5.69. The lowest BCUT2D eigenvalue weighted by molar-refractivity contribution is -0.136. The van der Waals surface area contributed by atoms with Crippen LogP contribution in [-0.2, 0) is 17.6 Å². The lowest BCUT2D eigenvalue weighted by atomic mass is 10.0. The minimum absolute atomic E-state index is 0.0252. The normalized spacial score (nSPS) is 12.3. The van der Waals surface area contributed by atoms with E-state index in [1.165, 1.54) is 5.56 Å². The summed E-state index contributed by atoms with van der Waals surface area (Å²) < 4.78 is 0. The summed E-state index contributed by atoms with van der Waals surface area (Å²) in [4.78, 5) is 14.9. The molecule has 0 aliphatic rings. The maximum Gasteiger partial charge on any atom is 0.317 e. The van der Waals surface area contributed by atoms with Crippen LogP contribution in [-0.4, -0.2) is 28.6 Å². The first-order valence-corrected chi connectivity index (χ1v) is 6.75. The van der Waals surface area contributed by atoms with E-state index in [0.29, 0.717) is 12.2 Å². The van der Waals surface area contributed by atoms with Gasteiger partial charge in [-0.3, -0.25) is 4.79 Å². The zero-order chi connectivity index (χ0) is 14.3. The van der Waals surface area contributed by atoms with Crippen molar-refractivity contribution >= 4 is 11.8 Å². The van der Waals surface area contributed by atoms with Crippen LogP contribution < -0.4 is 11.1 Å². The van der Waals surface area contributed by atoms with Gasteiger partial charge in [-0.2, -0.15) is 0 Å². The van der Waals surface area contributed by atoms with Gasteiger partial charge in [0.2, 0.25) is 0 Å². The Hall–Kier alpha value is -1.62. The van der Waals surface area contributed by atoms with Gasteiger partial charge < -0.3 is 16.2 Å². The van der Waals surface area contributed by atoms with E-state index in [1.54, 1.807) is 0 Å². The van der Waals surface area contributed by atoms with Crippen molar-refractivity contribution in [1.82, 2.24) is 10.3 Å². The number of anilines is 1. The number of aromatic nitrogens is 1. The molecule has 0 spiro atoms. The zero-order valence-electron chi connectivity index (χ0n) is 11.6. The van der Waals surface area contributed by atoms with Crippen molar-refractivity contribution in [1.29, 1.82) is 0 Å². The summed E-state index contributed by atoms with van der Waals surface area (Å²) in [5, 5.41) is 11.7. The molecule has 0 aromatic carbocycles. The molecule has 5 nitrogen and oxygen atoms in total. The highest BCUT2D eigenvalue weighted by Gasteiger charge is 2.10. The smallest absolute Gasteiger partial charge is 0.317 e. The molecule has 1 atom stereocenters. The summed E-state index contributed by atoms with van der Waals surface area (Å²) in [5.41, 5.74) is 7.92. The van der Waals surface area contributed by atoms with E-state index in [4.69, 9.17) is 10.8 Å². The summed E-state index contributed by atoms with van der Waals surface area (Å²) >= 11 is 0. The number of rotatable bonds is 8. The molecule has 19 heavy (non-hydrogen) atoms. The number of aryl methyl sites for hydroxylation is 1. The van der Waals surface area contributed by atoms with E-state index < -0.39 is 5.97 Å². The van der Waals surface area contributed by atoms with Crippen molar-refractivity contribution in [2.24, 2.45) is 0 Å². The number of aliphatic carboxylic acids is 1. The van der Waals surface area contributed by atoms with Gasteiger partial charge in [0.05, 0.1) is 6.54 Å². The number of hydrogen-bond acceptors (Lipinski definition) is 4. The average Bonchev–Trinajstić information content (AvgIpc) is 2.34. The molecule has 0 amide bonds. The van der Waals surface area contributed by atoms with Crippen LogP contribution in [0.25, 0.3) is 0 Å². The molecule has 106 valence electrons. The van der Waals surface area contributed by atoms with Crippen LogP contribution in [0.1, 0.15) is 37.9 Å². The van der Waals surface area contributed by atoms with Crippen LogP contribution in [0.2, 0.25) is 0 Å². The predicted octanol–water partition coefficient (Wildman–Crippen LogP) is 1.61. The molecule has 1 heterocycles. The number of hydrogen-bond donors (Lipinski definition) is 3. The number of carboxylic acid groups (broad SMARTS) is 1. The number of carbonyl (C=O) groups is 1. The zero-order valence-corrected chi connectivity index (χ0v) is 11.6. The first kappa shape index (κ1) is 15.4. The van der Waals surface area contributed by atoms with E-state index in [0.717, 1.165) is 25.0 Å². The summed E-state index contributed by atoms with van der Waals surface area (Å²) in [6.45, 7) is 4.13. The molecule has 1 aromatic rings. The Kier molecular flexibility index (Phi) is 6.29. The molecule has 0 fully saturated rings. The Bertz CT molecular complexity index is 421. The maximum atomic E-state index is 10.6. The third-order valence-corrected chi connectivity index (χ3v) is 2.99. The fraction of sp³-hybridized carbons (Fsp3) is 0.571. The molecular formula is C14H23N3O2. The van der Waals surface area contributed by atoms with Gasteiger partial charge in [0.1, 0.15) is 5.82 Å². The summed E-state index contributed by atoms with van der Waals surface area (Å²) in [7, 11) is 0. The number of pyridine rings is 1. The molecule has 0 radical (unpaired) electrons. The van der Waals surface area contributed by atoms with E-state index >= 15 is 0 Å². The lowest BCUT2D eigenvalue weighted by Gasteiger charge is -2.16. The van der Waals surface area contributed by atoms with Crippen molar-refractivity contribution in [2.75, 3.05) is 12.3 Å². The Balaban J connectivity index is 2.70. The van der Waals surface area contributed by atoms with E-state index in [9.17, 15) is 4.79 Å².